The smallest absolute Gasteiger partial charge is 0.420 e. The van der Waals surface area contributed by atoms with Gasteiger partial charge in [0.1, 0.15) is 11.2 Å². The Hall–Kier alpha value is -2.14. The molecule has 1 unspecified atom stereocenters. The van der Waals surface area contributed by atoms with Crippen molar-refractivity contribution < 1.29 is 9.53 Å². The molecule has 0 aromatic carbocycles. The largest absolute Gasteiger partial charge is 0.443 e. The third-order valence-electron chi connectivity index (χ3n) is 5.14. The van der Waals surface area contributed by atoms with Crippen LogP contribution in [0.3, 0.4) is 0 Å². The van der Waals surface area contributed by atoms with Crippen LogP contribution in [-0.2, 0) is 4.74 Å². The molecule has 2 aromatic rings. The van der Waals surface area contributed by atoms with Crippen molar-refractivity contribution in [1.29, 1.82) is 0 Å². The maximum atomic E-state index is 12.7. The third-order valence-corrected chi connectivity index (χ3v) is 5.14. The van der Waals surface area contributed by atoms with Crippen LogP contribution in [0.15, 0.2) is 30.6 Å². The molecule has 2 aliphatic rings. The van der Waals surface area contributed by atoms with E-state index in [0.717, 1.165) is 30.0 Å². The lowest BCUT2D eigenvalue weighted by Crippen LogP contribution is -2.35. The summed E-state index contributed by atoms with van der Waals surface area (Å²) in [5.41, 5.74) is 2.50. The average molecular weight is 367 g/mol. The zero-order valence-corrected chi connectivity index (χ0v) is 16.7. The van der Waals surface area contributed by atoms with Crippen molar-refractivity contribution in [3.8, 4) is 0 Å². The summed E-state index contributed by atoms with van der Waals surface area (Å²) in [5, 5.41) is 1.01. The molecule has 1 aliphatic carbocycles. The molecule has 4 rings (SSSR count). The molecule has 5 heteroatoms. The fraction of sp³-hybridized carbons (Fsp3) is 0.545. The van der Waals surface area contributed by atoms with Crippen LogP contribution in [0.25, 0.3) is 16.6 Å². The molecular formula is C22H29N3O2. The number of hydrogen-bond donors (Lipinski definition) is 0. The van der Waals surface area contributed by atoms with E-state index in [1.807, 2.05) is 39.1 Å². The first-order chi connectivity index (χ1) is 12.8. The van der Waals surface area contributed by atoms with Gasteiger partial charge < -0.3 is 4.74 Å². The van der Waals surface area contributed by atoms with Gasteiger partial charge in [-0.15, -0.1) is 0 Å². The van der Waals surface area contributed by atoms with Crippen LogP contribution in [0.1, 0.15) is 46.1 Å². The van der Waals surface area contributed by atoms with E-state index in [1.54, 1.807) is 10.8 Å². The van der Waals surface area contributed by atoms with Crippen molar-refractivity contribution in [3.63, 3.8) is 0 Å². The number of carbonyl (C=O) groups is 1. The maximum Gasteiger partial charge on any atom is 0.420 e. The number of nitrogens with zero attached hydrogens (tertiary/aromatic N) is 3. The molecule has 2 aromatic heterocycles. The van der Waals surface area contributed by atoms with Gasteiger partial charge in [-0.25, -0.2) is 14.3 Å². The fourth-order valence-corrected chi connectivity index (χ4v) is 3.91. The molecule has 1 fully saturated rings. The average Bonchev–Trinajstić information content (AvgIpc) is 3.30. The number of carbonyl (C=O) groups excluding carboxylic acids is 1. The monoisotopic (exact) mass is 367 g/mol. The van der Waals surface area contributed by atoms with E-state index in [9.17, 15) is 4.79 Å². The molecule has 0 radical (unpaired) electrons. The SMILES string of the molecule is CC1C=C(c2cn(C(=O)OC(C)(C)C)c3ncccc23)CN(CC2CC2)C1. The number of rotatable bonds is 3. The first-order valence-corrected chi connectivity index (χ1v) is 9.93. The van der Waals surface area contributed by atoms with Crippen LogP contribution in [0.5, 0.6) is 0 Å². The van der Waals surface area contributed by atoms with Crippen LogP contribution in [0.2, 0.25) is 0 Å². The molecule has 0 saturated heterocycles. The van der Waals surface area contributed by atoms with Crippen LogP contribution in [0.4, 0.5) is 4.79 Å². The Morgan fingerprint density at radius 1 is 1.33 bits per heavy atom. The van der Waals surface area contributed by atoms with E-state index >= 15 is 0 Å². The molecule has 0 N–H and O–H groups in total. The Kier molecular flexibility index (Phi) is 4.58. The molecule has 0 amide bonds. The Bertz CT molecular complexity index is 887. The van der Waals surface area contributed by atoms with Gasteiger partial charge >= 0.3 is 6.09 Å². The molecule has 144 valence electrons. The Morgan fingerprint density at radius 2 is 2.11 bits per heavy atom. The summed E-state index contributed by atoms with van der Waals surface area (Å²) in [4.78, 5) is 19.7. The highest BCUT2D eigenvalue weighted by Crippen LogP contribution is 2.34. The molecule has 0 bridgehead atoms. The molecular weight excluding hydrogens is 338 g/mol. The van der Waals surface area contributed by atoms with Gasteiger partial charge in [0.05, 0.1) is 0 Å². The Labute approximate surface area is 161 Å². The van der Waals surface area contributed by atoms with Crippen molar-refractivity contribution in [2.75, 3.05) is 19.6 Å². The van der Waals surface area contributed by atoms with Gasteiger partial charge in [-0.05, 0) is 63.2 Å². The summed E-state index contributed by atoms with van der Waals surface area (Å²) < 4.78 is 7.15. The van der Waals surface area contributed by atoms with E-state index in [1.165, 1.54) is 25.0 Å². The molecule has 27 heavy (non-hydrogen) atoms. The summed E-state index contributed by atoms with van der Waals surface area (Å²) in [6.45, 7) is 11.1. The topological polar surface area (TPSA) is 47.4 Å². The van der Waals surface area contributed by atoms with Crippen molar-refractivity contribution >= 4 is 22.7 Å². The number of aromatic nitrogens is 2. The summed E-state index contributed by atoms with van der Waals surface area (Å²) in [7, 11) is 0. The van der Waals surface area contributed by atoms with E-state index < -0.39 is 5.60 Å². The molecule has 3 heterocycles. The second-order valence-corrected chi connectivity index (χ2v) is 9.07. The van der Waals surface area contributed by atoms with Crippen LogP contribution in [-0.4, -0.2) is 45.8 Å². The number of fused-ring (bicyclic) bond motifs is 1. The highest BCUT2D eigenvalue weighted by molar-refractivity contribution is 5.96. The highest BCUT2D eigenvalue weighted by Gasteiger charge is 2.29. The summed E-state index contributed by atoms with van der Waals surface area (Å²) >= 11 is 0. The molecule has 1 saturated carbocycles. The summed E-state index contributed by atoms with van der Waals surface area (Å²) in [5.74, 6) is 1.38. The number of ether oxygens (including phenoxy) is 1. The van der Waals surface area contributed by atoms with E-state index in [2.05, 4.69) is 22.9 Å². The van der Waals surface area contributed by atoms with Gasteiger partial charge in [-0.1, -0.05) is 13.0 Å². The second-order valence-electron chi connectivity index (χ2n) is 9.07. The first kappa shape index (κ1) is 18.2. The van der Waals surface area contributed by atoms with Crippen LogP contribution in [0, 0.1) is 11.8 Å². The van der Waals surface area contributed by atoms with Gasteiger partial charge in [0.15, 0.2) is 0 Å². The fourth-order valence-electron chi connectivity index (χ4n) is 3.91. The molecule has 1 aliphatic heterocycles. The van der Waals surface area contributed by atoms with Crippen molar-refractivity contribution in [1.82, 2.24) is 14.5 Å². The van der Waals surface area contributed by atoms with Gasteiger partial charge in [-0.3, -0.25) is 4.90 Å². The number of pyridine rings is 1. The predicted octanol–water partition coefficient (Wildman–Crippen LogP) is 4.56. The van der Waals surface area contributed by atoms with Crippen LogP contribution < -0.4 is 0 Å². The van der Waals surface area contributed by atoms with Crippen LogP contribution >= 0.6 is 0 Å². The normalized spacial score (nSPS) is 21.3. The number of hydrogen-bond acceptors (Lipinski definition) is 4. The summed E-state index contributed by atoms with van der Waals surface area (Å²) in [6.07, 6.45) is 8.34. The van der Waals surface area contributed by atoms with Crippen molar-refractivity contribution in [2.45, 2.75) is 46.1 Å². The first-order valence-electron chi connectivity index (χ1n) is 9.93. The Morgan fingerprint density at radius 3 is 2.81 bits per heavy atom. The van der Waals surface area contributed by atoms with Crippen molar-refractivity contribution in [2.24, 2.45) is 11.8 Å². The van der Waals surface area contributed by atoms with E-state index in [4.69, 9.17) is 4.74 Å². The highest BCUT2D eigenvalue weighted by atomic mass is 16.6. The zero-order valence-electron chi connectivity index (χ0n) is 16.7. The molecule has 1 atom stereocenters. The van der Waals surface area contributed by atoms with Gasteiger partial charge in [0.2, 0.25) is 0 Å². The van der Waals surface area contributed by atoms with Gasteiger partial charge in [0, 0.05) is 43.0 Å². The van der Waals surface area contributed by atoms with Crippen molar-refractivity contribution in [3.05, 3.63) is 36.2 Å². The quantitative estimate of drug-likeness (QED) is 0.798. The lowest BCUT2D eigenvalue weighted by Gasteiger charge is -2.30. The second kappa shape index (κ2) is 6.79. The minimum absolute atomic E-state index is 0.378. The van der Waals surface area contributed by atoms with Gasteiger partial charge in [-0.2, -0.15) is 0 Å². The van der Waals surface area contributed by atoms with E-state index in [0.29, 0.717) is 11.6 Å². The third kappa shape index (κ3) is 4.08. The Balaban J connectivity index is 1.70. The maximum absolute atomic E-state index is 12.7. The molecule has 0 spiro atoms. The predicted molar refractivity (Wildman–Crippen MR) is 108 cm³/mol. The van der Waals surface area contributed by atoms with E-state index in [-0.39, 0.29) is 6.09 Å². The lowest BCUT2D eigenvalue weighted by atomic mass is 9.96. The lowest BCUT2D eigenvalue weighted by molar-refractivity contribution is 0.0543. The minimum Gasteiger partial charge on any atom is -0.443 e. The zero-order chi connectivity index (χ0) is 19.2. The summed E-state index contributed by atoms with van der Waals surface area (Å²) in [6, 6.07) is 3.98. The van der Waals surface area contributed by atoms with Gasteiger partial charge in [0.25, 0.3) is 0 Å². The minimum atomic E-state index is -0.539. The standard InChI is InChI=1S/C22H29N3O2/c1-15-10-17(13-24(11-15)12-16-7-8-16)19-14-25(21(26)27-22(2,3)4)20-18(19)6-5-9-23-20/h5-6,9-10,14-16H,7-8,11-13H2,1-4H3. The molecule has 5 nitrogen and oxygen atoms in total.